The largest absolute Gasteiger partial charge is 1.00 e. The molecule has 0 rings (SSSR count). The summed E-state index contributed by atoms with van der Waals surface area (Å²) in [7, 11) is 0. The predicted octanol–water partition coefficient (Wildman–Crippen LogP) is -5.62. The number of rotatable bonds is 4. The summed E-state index contributed by atoms with van der Waals surface area (Å²) in [6, 6.07) is 0. The predicted molar refractivity (Wildman–Crippen MR) is 32.2 cm³/mol. The van der Waals surface area contributed by atoms with Crippen molar-refractivity contribution in [1.82, 2.24) is 0 Å². The highest BCUT2D eigenvalue weighted by Gasteiger charge is 1.80. The zero-order valence-electron chi connectivity index (χ0n) is 6.16. The van der Waals surface area contributed by atoms with Crippen molar-refractivity contribution in [2.45, 2.75) is 26.7 Å². The number of hydrogen-bond donors (Lipinski definition) is 1. The van der Waals surface area contributed by atoms with Crippen molar-refractivity contribution < 1.29 is 30.1 Å². The van der Waals surface area contributed by atoms with E-state index in [1.54, 1.807) is 0 Å². The van der Waals surface area contributed by atoms with Crippen molar-refractivity contribution in [3.63, 3.8) is 0 Å². The maximum Gasteiger partial charge on any atom is 0.0752 e. The molecule has 0 aliphatic heterocycles. The molecule has 0 aliphatic rings. The zero-order valence-corrected chi connectivity index (χ0v) is 7.67. The monoisotopic (exact) mass is 172 g/mol. The molecule has 0 aromatic carbocycles. The van der Waals surface area contributed by atoms with E-state index in [0.717, 1.165) is 0 Å². The van der Waals surface area contributed by atoms with Crippen LogP contribution in [0.3, 0.4) is 0 Å². The van der Waals surface area contributed by atoms with Crippen LogP contribution in [0.15, 0.2) is 0 Å². The maximum atomic E-state index is 2.36. The molecule has 0 fully saturated rings. The molecule has 1 nitrogen and oxygen atoms in total. The van der Waals surface area contributed by atoms with Gasteiger partial charge in [0.1, 0.15) is 0 Å². The molecule has 0 heterocycles. The van der Waals surface area contributed by atoms with Crippen LogP contribution in [0, 0.1) is 0 Å². The van der Waals surface area contributed by atoms with Gasteiger partial charge in [-0.3, -0.25) is 0 Å². The first kappa shape index (κ1) is 16.3. The SMILES string of the molecule is CCC[NH2+]CCC.[Cl-].[Cl-]. The third-order valence-electron chi connectivity index (χ3n) is 0.986. The molecule has 0 aliphatic carbocycles. The number of nitrogens with two attached hydrogens (primary N) is 1. The minimum atomic E-state index is 0. The minimum Gasteiger partial charge on any atom is -1.00 e. The first-order valence-corrected chi connectivity index (χ1v) is 3.23. The van der Waals surface area contributed by atoms with Crippen LogP contribution in [0.4, 0.5) is 0 Å². The summed E-state index contributed by atoms with van der Waals surface area (Å²) >= 11 is 0. The fraction of sp³-hybridized carbons (Fsp3) is 1.00. The van der Waals surface area contributed by atoms with Crippen LogP contribution >= 0.6 is 0 Å². The van der Waals surface area contributed by atoms with Crippen LogP contribution in [0.2, 0.25) is 0 Å². The van der Waals surface area contributed by atoms with Crippen LogP contribution in [0.25, 0.3) is 0 Å². The van der Waals surface area contributed by atoms with Crippen molar-refractivity contribution in [2.24, 2.45) is 0 Å². The third kappa shape index (κ3) is 17.7. The molecule has 0 unspecified atom stereocenters. The van der Waals surface area contributed by atoms with Gasteiger partial charge in [-0.2, -0.15) is 0 Å². The summed E-state index contributed by atoms with van der Waals surface area (Å²) in [5, 5.41) is 2.36. The van der Waals surface area contributed by atoms with Crippen LogP contribution in [-0.2, 0) is 0 Å². The lowest BCUT2D eigenvalue weighted by Gasteiger charge is -1.92. The lowest BCUT2D eigenvalue weighted by atomic mass is 10.4. The number of halogens is 2. The second kappa shape index (κ2) is 15.8. The Morgan fingerprint density at radius 1 is 0.889 bits per heavy atom. The quantitative estimate of drug-likeness (QED) is 0.408. The van der Waals surface area contributed by atoms with Gasteiger partial charge in [0.2, 0.25) is 0 Å². The molecular formula is C6H16Cl2N-. The van der Waals surface area contributed by atoms with Crippen molar-refractivity contribution in [3.8, 4) is 0 Å². The molecule has 0 atom stereocenters. The highest BCUT2D eigenvalue weighted by molar-refractivity contribution is 4.17. The summed E-state index contributed by atoms with van der Waals surface area (Å²) in [6.45, 7) is 7.03. The molecule has 0 saturated carbocycles. The molecule has 0 radical (unpaired) electrons. The molecule has 0 aromatic heterocycles. The highest BCUT2D eigenvalue weighted by Crippen LogP contribution is 1.62. The molecule has 0 bridgehead atoms. The van der Waals surface area contributed by atoms with Gasteiger partial charge in [-0.25, -0.2) is 0 Å². The molecule has 0 aromatic rings. The van der Waals surface area contributed by atoms with Gasteiger partial charge < -0.3 is 30.1 Å². The number of quaternary nitrogens is 1. The zero-order chi connectivity index (χ0) is 5.54. The average molecular weight is 173 g/mol. The van der Waals surface area contributed by atoms with E-state index in [0.29, 0.717) is 0 Å². The summed E-state index contributed by atoms with van der Waals surface area (Å²) in [5.41, 5.74) is 0. The van der Waals surface area contributed by atoms with Crippen LogP contribution < -0.4 is 30.1 Å². The van der Waals surface area contributed by atoms with E-state index in [1.165, 1.54) is 25.9 Å². The van der Waals surface area contributed by atoms with Crippen molar-refractivity contribution >= 4 is 0 Å². The fourth-order valence-corrected chi connectivity index (χ4v) is 0.553. The Hall–Kier alpha value is 0.540. The van der Waals surface area contributed by atoms with Gasteiger partial charge in [0.15, 0.2) is 0 Å². The van der Waals surface area contributed by atoms with E-state index >= 15 is 0 Å². The second-order valence-corrected chi connectivity index (χ2v) is 1.87. The van der Waals surface area contributed by atoms with E-state index in [2.05, 4.69) is 19.2 Å². The molecule has 3 heteroatoms. The number of hydrogen-bond acceptors (Lipinski definition) is 0. The Balaban J connectivity index is -0.000000180. The van der Waals surface area contributed by atoms with Gasteiger partial charge in [-0.15, -0.1) is 0 Å². The summed E-state index contributed by atoms with van der Waals surface area (Å²) in [5.74, 6) is 0. The lowest BCUT2D eigenvalue weighted by molar-refractivity contribution is -0.654. The summed E-state index contributed by atoms with van der Waals surface area (Å²) in [4.78, 5) is 0. The lowest BCUT2D eigenvalue weighted by Crippen LogP contribution is -3.00. The van der Waals surface area contributed by atoms with Crippen molar-refractivity contribution in [3.05, 3.63) is 0 Å². The molecule has 0 spiro atoms. The second-order valence-electron chi connectivity index (χ2n) is 1.87. The third-order valence-corrected chi connectivity index (χ3v) is 0.986. The van der Waals surface area contributed by atoms with E-state index in [1.807, 2.05) is 0 Å². The molecule has 60 valence electrons. The Bertz CT molecular complexity index is 30.2. The van der Waals surface area contributed by atoms with E-state index in [4.69, 9.17) is 0 Å². The smallest absolute Gasteiger partial charge is 0.0752 e. The van der Waals surface area contributed by atoms with Gasteiger partial charge in [0, 0.05) is 0 Å². The van der Waals surface area contributed by atoms with Crippen LogP contribution in [0.5, 0.6) is 0 Å². The van der Waals surface area contributed by atoms with Gasteiger partial charge in [-0.05, 0) is 12.8 Å². The molecule has 9 heavy (non-hydrogen) atoms. The van der Waals surface area contributed by atoms with Crippen LogP contribution in [-0.4, -0.2) is 13.1 Å². The first-order valence-electron chi connectivity index (χ1n) is 3.23. The Morgan fingerprint density at radius 2 is 1.22 bits per heavy atom. The van der Waals surface area contributed by atoms with E-state index in [9.17, 15) is 0 Å². The van der Waals surface area contributed by atoms with E-state index in [-0.39, 0.29) is 24.8 Å². The molecular weight excluding hydrogens is 157 g/mol. The Morgan fingerprint density at radius 3 is 1.44 bits per heavy atom. The van der Waals surface area contributed by atoms with Crippen molar-refractivity contribution in [2.75, 3.05) is 13.1 Å². The Kier molecular flexibility index (Phi) is 28.6. The van der Waals surface area contributed by atoms with Gasteiger partial charge in [0.25, 0.3) is 0 Å². The van der Waals surface area contributed by atoms with Crippen LogP contribution in [0.1, 0.15) is 26.7 Å². The first-order chi connectivity index (χ1) is 3.41. The maximum absolute atomic E-state index is 2.36. The van der Waals surface area contributed by atoms with E-state index < -0.39 is 0 Å². The normalized spacial score (nSPS) is 7.33. The highest BCUT2D eigenvalue weighted by atomic mass is 35.5. The minimum absolute atomic E-state index is 0. The van der Waals surface area contributed by atoms with Crippen molar-refractivity contribution in [1.29, 1.82) is 0 Å². The fourth-order valence-electron chi connectivity index (χ4n) is 0.553. The van der Waals surface area contributed by atoms with Gasteiger partial charge >= 0.3 is 0 Å². The topological polar surface area (TPSA) is 16.6 Å². The van der Waals surface area contributed by atoms with Gasteiger partial charge in [-0.1, -0.05) is 13.8 Å². The average Bonchev–Trinajstić information content (AvgIpc) is 1.69. The summed E-state index contributed by atoms with van der Waals surface area (Å²) in [6.07, 6.45) is 2.61. The molecule has 0 amide bonds. The van der Waals surface area contributed by atoms with Gasteiger partial charge in [0.05, 0.1) is 13.1 Å². The summed E-state index contributed by atoms with van der Waals surface area (Å²) < 4.78 is 0. The molecule has 2 N–H and O–H groups in total. The standard InChI is InChI=1S/C6H15N.2ClH/c1-3-5-7-6-4-2;;/h7H,3-6H2,1-2H3;2*1H/p-1. The molecule has 0 saturated heterocycles. The Labute approximate surface area is 70.4 Å².